The number of hydrogen-bond acceptors (Lipinski definition) is 5. The molecule has 60 heavy (non-hydrogen) atoms. The zero-order chi connectivity index (χ0) is 40.0. The topological polar surface area (TPSA) is 57.1 Å². The van der Waals surface area contributed by atoms with Gasteiger partial charge < -0.3 is 9.47 Å². The van der Waals surface area contributed by atoms with Crippen molar-refractivity contribution >= 4 is 0 Å². The Balaban J connectivity index is 0.969. The van der Waals surface area contributed by atoms with Crippen molar-refractivity contribution in [3.63, 3.8) is 0 Å². The lowest BCUT2D eigenvalue weighted by Gasteiger charge is -2.34. The van der Waals surface area contributed by atoms with Crippen LogP contribution in [0, 0.1) is 0 Å². The molecule has 0 spiro atoms. The number of hydrogen-bond donors (Lipinski definition) is 0. The van der Waals surface area contributed by atoms with Crippen LogP contribution in [0.3, 0.4) is 0 Å². The second kappa shape index (κ2) is 12.9. The summed E-state index contributed by atoms with van der Waals surface area (Å²) in [7, 11) is 0. The van der Waals surface area contributed by atoms with Gasteiger partial charge in [-0.2, -0.15) is 0 Å². The van der Waals surface area contributed by atoms with Gasteiger partial charge in [-0.15, -0.1) is 0 Å². The van der Waals surface area contributed by atoms with Crippen LogP contribution in [0.5, 0.6) is 23.0 Å². The monoisotopic (exact) mass is 771 g/mol. The van der Waals surface area contributed by atoms with Crippen molar-refractivity contribution < 1.29 is 9.47 Å². The molecule has 3 aliphatic rings. The van der Waals surface area contributed by atoms with Gasteiger partial charge in [-0.1, -0.05) is 172 Å². The van der Waals surface area contributed by atoms with E-state index in [1.165, 1.54) is 38.9 Å². The first-order valence-corrected chi connectivity index (χ1v) is 20.4. The first-order valence-electron chi connectivity index (χ1n) is 20.4. The molecule has 1 aromatic heterocycles. The summed E-state index contributed by atoms with van der Waals surface area (Å²) in [6.45, 7) is 4.58. The van der Waals surface area contributed by atoms with E-state index in [0.29, 0.717) is 40.5 Å². The van der Waals surface area contributed by atoms with Crippen molar-refractivity contribution in [3.8, 4) is 79.4 Å². The van der Waals surface area contributed by atoms with E-state index in [9.17, 15) is 0 Å². The van der Waals surface area contributed by atoms with Gasteiger partial charge in [0, 0.05) is 27.7 Å². The maximum atomic E-state index is 6.93. The van der Waals surface area contributed by atoms with Crippen LogP contribution in [0.1, 0.15) is 47.2 Å². The second-order valence-corrected chi connectivity index (χ2v) is 16.3. The van der Waals surface area contributed by atoms with Gasteiger partial charge in [0.15, 0.2) is 40.5 Å². The van der Waals surface area contributed by atoms with E-state index in [2.05, 4.69) is 153 Å². The molecule has 1 aliphatic heterocycles. The molecule has 12 rings (SSSR count). The summed E-state index contributed by atoms with van der Waals surface area (Å²) in [5, 5.41) is 0. The summed E-state index contributed by atoms with van der Waals surface area (Å²) in [4.78, 5) is 15.3. The predicted octanol–water partition coefficient (Wildman–Crippen LogP) is 13.4. The highest BCUT2D eigenvalue weighted by Crippen LogP contribution is 2.62. The Kier molecular flexibility index (Phi) is 7.42. The Morgan fingerprint density at radius 2 is 0.900 bits per heavy atom. The van der Waals surface area contributed by atoms with Gasteiger partial charge in [-0.3, -0.25) is 0 Å². The summed E-state index contributed by atoms with van der Waals surface area (Å²) < 4.78 is 13.7. The van der Waals surface area contributed by atoms with E-state index in [4.69, 9.17) is 24.4 Å². The molecule has 9 aromatic rings. The fourth-order valence-electron chi connectivity index (χ4n) is 9.90. The van der Waals surface area contributed by atoms with Crippen LogP contribution in [0.4, 0.5) is 0 Å². The minimum atomic E-state index is -0.539. The van der Waals surface area contributed by atoms with E-state index in [0.717, 1.165) is 33.4 Å². The molecule has 2 aliphatic carbocycles. The SMILES string of the molecule is CC1(C)c2ccccc2-c2ccc(-c3nc(-c4ccccc4)nc(-c4ccc5c(c4)Oc4ccc6c(c4O5)-c4ccccc4C6(c4ccccc4)c4ccccc4)n3)cc21. The third kappa shape index (κ3) is 4.96. The normalized spacial score (nSPS) is 14.4. The molecule has 2 heterocycles. The van der Waals surface area contributed by atoms with Crippen LogP contribution < -0.4 is 9.47 Å². The van der Waals surface area contributed by atoms with Crippen molar-refractivity contribution in [2.45, 2.75) is 24.7 Å². The van der Waals surface area contributed by atoms with Crippen molar-refractivity contribution in [2.75, 3.05) is 0 Å². The Morgan fingerprint density at radius 1 is 0.367 bits per heavy atom. The minimum absolute atomic E-state index is 0.154. The number of nitrogens with zero attached hydrogens (tertiary/aromatic N) is 3. The maximum Gasteiger partial charge on any atom is 0.178 e. The van der Waals surface area contributed by atoms with Crippen molar-refractivity contribution in [3.05, 3.63) is 221 Å². The van der Waals surface area contributed by atoms with Crippen molar-refractivity contribution in [1.29, 1.82) is 0 Å². The molecule has 0 atom stereocenters. The van der Waals surface area contributed by atoms with Crippen LogP contribution >= 0.6 is 0 Å². The van der Waals surface area contributed by atoms with Crippen molar-refractivity contribution in [2.24, 2.45) is 0 Å². The Labute approximate surface area is 348 Å². The molecule has 5 heteroatoms. The summed E-state index contributed by atoms with van der Waals surface area (Å²) in [6.07, 6.45) is 0. The number of ether oxygens (including phenoxy) is 2. The van der Waals surface area contributed by atoms with Gasteiger partial charge >= 0.3 is 0 Å². The first-order chi connectivity index (χ1) is 29.5. The minimum Gasteiger partial charge on any atom is -0.449 e. The van der Waals surface area contributed by atoms with Gasteiger partial charge in [0.25, 0.3) is 0 Å². The number of fused-ring (bicyclic) bond motifs is 9. The fraction of sp³-hybridized carbons (Fsp3) is 0.0727. The molecule has 284 valence electrons. The smallest absolute Gasteiger partial charge is 0.178 e. The van der Waals surface area contributed by atoms with Crippen LogP contribution in [0.25, 0.3) is 56.4 Å². The molecule has 0 saturated heterocycles. The summed E-state index contributed by atoms with van der Waals surface area (Å²) in [6, 6.07) is 65.8. The molecule has 0 bridgehead atoms. The average Bonchev–Trinajstić information content (AvgIpc) is 3.74. The molecule has 0 radical (unpaired) electrons. The number of benzene rings is 8. The van der Waals surface area contributed by atoms with Gasteiger partial charge in [-0.25, -0.2) is 15.0 Å². The third-order valence-corrected chi connectivity index (χ3v) is 12.7. The van der Waals surface area contributed by atoms with E-state index < -0.39 is 5.41 Å². The lowest BCUT2D eigenvalue weighted by Crippen LogP contribution is -2.28. The summed E-state index contributed by atoms with van der Waals surface area (Å²) >= 11 is 0. The third-order valence-electron chi connectivity index (χ3n) is 12.7. The largest absolute Gasteiger partial charge is 0.449 e. The highest BCUT2D eigenvalue weighted by molar-refractivity contribution is 5.92. The van der Waals surface area contributed by atoms with E-state index in [1.807, 2.05) is 48.5 Å². The molecule has 0 N–H and O–H groups in total. The first kappa shape index (κ1) is 34.4. The predicted molar refractivity (Wildman–Crippen MR) is 238 cm³/mol. The molecular formula is C55H37N3O2. The standard InChI is InChI=1S/C55H37N3O2/c1-54(2)42-24-14-12-22-39(42)40-28-26-35(32-45(40)54)52-56-51(34-16-6-3-7-17-34)57-53(58-52)36-27-30-46-48(33-36)59-47-31-29-44-49(50(47)60-46)41-23-13-15-25-43(41)55(44,37-18-8-4-9-19-37)38-20-10-5-11-21-38/h3-33H,1-2H3. The Hall–Kier alpha value is -7.63. The fourth-order valence-corrected chi connectivity index (χ4v) is 9.90. The molecule has 0 fully saturated rings. The highest BCUT2D eigenvalue weighted by atomic mass is 16.6. The quantitative estimate of drug-likeness (QED) is 0.174. The van der Waals surface area contributed by atoms with Gasteiger partial charge in [0.05, 0.1) is 5.41 Å². The van der Waals surface area contributed by atoms with Crippen LogP contribution in [0.15, 0.2) is 188 Å². The lowest BCUT2D eigenvalue weighted by molar-refractivity contribution is 0.360. The molecule has 5 nitrogen and oxygen atoms in total. The van der Waals surface area contributed by atoms with Gasteiger partial charge in [0.2, 0.25) is 0 Å². The van der Waals surface area contributed by atoms with E-state index in [-0.39, 0.29) is 5.41 Å². The lowest BCUT2D eigenvalue weighted by atomic mass is 9.68. The molecular weight excluding hydrogens is 735 g/mol. The Morgan fingerprint density at radius 3 is 1.60 bits per heavy atom. The highest BCUT2D eigenvalue weighted by Gasteiger charge is 2.48. The maximum absolute atomic E-state index is 6.93. The summed E-state index contributed by atoms with van der Waals surface area (Å²) in [5.74, 6) is 4.38. The van der Waals surface area contributed by atoms with E-state index in [1.54, 1.807) is 0 Å². The number of aromatic nitrogens is 3. The zero-order valence-electron chi connectivity index (χ0n) is 33.1. The number of rotatable bonds is 5. The van der Waals surface area contributed by atoms with Crippen LogP contribution in [-0.4, -0.2) is 15.0 Å². The molecule has 8 aromatic carbocycles. The molecule has 0 amide bonds. The van der Waals surface area contributed by atoms with Gasteiger partial charge in [0.1, 0.15) is 0 Å². The van der Waals surface area contributed by atoms with Crippen molar-refractivity contribution in [1.82, 2.24) is 15.0 Å². The molecule has 0 saturated carbocycles. The van der Waals surface area contributed by atoms with E-state index >= 15 is 0 Å². The van der Waals surface area contributed by atoms with Gasteiger partial charge in [-0.05, 0) is 80.4 Å². The second-order valence-electron chi connectivity index (χ2n) is 16.3. The molecule has 0 unspecified atom stereocenters. The zero-order valence-corrected chi connectivity index (χ0v) is 33.1. The Bertz CT molecular complexity index is 3140. The van der Waals surface area contributed by atoms with Crippen LogP contribution in [0.2, 0.25) is 0 Å². The van der Waals surface area contributed by atoms with Crippen LogP contribution in [-0.2, 0) is 10.8 Å². The summed E-state index contributed by atoms with van der Waals surface area (Å²) in [5.41, 5.74) is 14.0. The average molecular weight is 772 g/mol.